The van der Waals surface area contributed by atoms with E-state index in [-0.39, 0.29) is 36.5 Å². The molecule has 0 unspecified atom stereocenters. The molecule has 1 saturated heterocycles. The quantitative estimate of drug-likeness (QED) is 0.282. The van der Waals surface area contributed by atoms with E-state index >= 15 is 0 Å². The number of para-hydroxylation sites is 2. The van der Waals surface area contributed by atoms with Crippen LogP contribution in [0, 0.1) is 5.92 Å². The largest absolute Gasteiger partial charge is 0.482 e. The molecule has 1 spiro atoms. The van der Waals surface area contributed by atoms with Gasteiger partial charge in [-0.1, -0.05) is 30.3 Å². The van der Waals surface area contributed by atoms with E-state index in [0.29, 0.717) is 60.0 Å². The van der Waals surface area contributed by atoms with Gasteiger partial charge in [-0.05, 0) is 49.8 Å². The third kappa shape index (κ3) is 4.78. The average molecular weight is 604 g/mol. The third-order valence-electron chi connectivity index (χ3n) is 8.84. The molecular weight excluding hydrogens is 566 g/mol. The van der Waals surface area contributed by atoms with Gasteiger partial charge >= 0.3 is 0 Å². The molecule has 0 aliphatic carbocycles. The highest BCUT2D eigenvalue weighted by Crippen LogP contribution is 2.60. The average Bonchev–Trinajstić information content (AvgIpc) is 3.62. The first kappa shape index (κ1) is 29.2. The maximum Gasteiger partial charge on any atom is 0.269 e. The number of aryl methyl sites for hydroxylation is 1. The summed E-state index contributed by atoms with van der Waals surface area (Å²) in [4.78, 5) is 42.5. The number of rotatable bonds is 9. The van der Waals surface area contributed by atoms with Crippen LogP contribution in [-0.4, -0.2) is 70.9 Å². The van der Waals surface area contributed by atoms with Gasteiger partial charge in [0.15, 0.2) is 20.5 Å². The van der Waals surface area contributed by atoms with E-state index < -0.39 is 20.0 Å². The second-order valence-electron chi connectivity index (χ2n) is 12.0. The maximum atomic E-state index is 14.4. The van der Waals surface area contributed by atoms with Gasteiger partial charge in [0, 0.05) is 55.0 Å². The molecule has 0 radical (unpaired) electrons. The number of aliphatic hydroxyl groups excluding tert-OH is 1. The van der Waals surface area contributed by atoms with Crippen molar-refractivity contribution in [1.29, 1.82) is 0 Å². The van der Waals surface area contributed by atoms with Crippen molar-refractivity contribution in [3.05, 3.63) is 72.6 Å². The van der Waals surface area contributed by atoms with Crippen molar-refractivity contribution in [3.63, 3.8) is 0 Å². The Labute approximate surface area is 251 Å². The minimum Gasteiger partial charge on any atom is -0.482 e. The SMILES string of the molecule is C=CCN1C(=O)[C@@]2(O[C@@H](CCn3cc(CCO)nn3)[C@H]([Si](C)(C)O)[C@H]2C)c2cc(N3C(=O)COc4ccccc43)ccc21. The highest BCUT2D eigenvalue weighted by atomic mass is 28.4. The van der Waals surface area contributed by atoms with E-state index in [1.54, 1.807) is 26.8 Å². The molecule has 11 nitrogen and oxygen atoms in total. The molecule has 1 aromatic heterocycles. The number of hydrogen-bond donors (Lipinski definition) is 2. The van der Waals surface area contributed by atoms with Crippen LogP contribution in [0.25, 0.3) is 0 Å². The van der Waals surface area contributed by atoms with Crippen LogP contribution in [0.1, 0.15) is 24.6 Å². The molecule has 3 aliphatic heterocycles. The van der Waals surface area contributed by atoms with Gasteiger partial charge in [0.1, 0.15) is 5.75 Å². The lowest BCUT2D eigenvalue weighted by Crippen LogP contribution is -2.46. The Morgan fingerprint density at radius 1 is 1.19 bits per heavy atom. The highest BCUT2D eigenvalue weighted by molar-refractivity contribution is 6.71. The van der Waals surface area contributed by atoms with Crippen molar-refractivity contribution in [2.24, 2.45) is 5.92 Å². The Kier molecular flexibility index (Phi) is 7.49. The molecule has 2 amide bonds. The minimum atomic E-state index is -2.86. The first-order valence-electron chi connectivity index (χ1n) is 14.6. The predicted molar refractivity (Wildman–Crippen MR) is 163 cm³/mol. The molecule has 2 N–H and O–H groups in total. The van der Waals surface area contributed by atoms with Crippen LogP contribution in [0.15, 0.2) is 61.3 Å². The molecule has 1 fully saturated rings. The summed E-state index contributed by atoms with van der Waals surface area (Å²) in [5.74, 6) is -0.157. The Balaban J connectivity index is 1.42. The van der Waals surface area contributed by atoms with E-state index in [2.05, 4.69) is 16.9 Å². The Morgan fingerprint density at radius 3 is 2.72 bits per heavy atom. The van der Waals surface area contributed by atoms with Gasteiger partial charge in [-0.2, -0.15) is 0 Å². The Hall–Kier alpha value is -3.84. The van der Waals surface area contributed by atoms with Crippen LogP contribution < -0.4 is 14.5 Å². The highest BCUT2D eigenvalue weighted by Gasteiger charge is 2.66. The van der Waals surface area contributed by atoms with Gasteiger partial charge in [-0.25, -0.2) is 0 Å². The monoisotopic (exact) mass is 603 g/mol. The van der Waals surface area contributed by atoms with Crippen LogP contribution in [-0.2, 0) is 32.9 Å². The van der Waals surface area contributed by atoms with Crippen LogP contribution in [0.2, 0.25) is 18.6 Å². The van der Waals surface area contributed by atoms with Crippen LogP contribution in [0.4, 0.5) is 17.1 Å². The lowest BCUT2D eigenvalue weighted by molar-refractivity contribution is -0.145. The number of aliphatic hydroxyl groups is 1. The molecule has 6 rings (SSSR count). The van der Waals surface area contributed by atoms with Crippen LogP contribution >= 0.6 is 0 Å². The van der Waals surface area contributed by atoms with Gasteiger partial charge in [0.25, 0.3) is 11.8 Å². The van der Waals surface area contributed by atoms with Gasteiger partial charge in [-0.15, -0.1) is 11.7 Å². The predicted octanol–water partition coefficient (Wildman–Crippen LogP) is 3.29. The maximum absolute atomic E-state index is 14.4. The second-order valence-corrected chi connectivity index (χ2v) is 16.0. The summed E-state index contributed by atoms with van der Waals surface area (Å²) >= 11 is 0. The second kappa shape index (κ2) is 11.0. The van der Waals surface area contributed by atoms with Crippen molar-refractivity contribution in [2.45, 2.75) is 56.7 Å². The zero-order chi connectivity index (χ0) is 30.5. The molecule has 4 atom stereocenters. The summed E-state index contributed by atoms with van der Waals surface area (Å²) in [6.07, 6.45) is 3.98. The summed E-state index contributed by atoms with van der Waals surface area (Å²) in [5.41, 5.74) is 1.71. The number of aromatic nitrogens is 3. The number of carbonyl (C=O) groups excluding carboxylic acids is 2. The van der Waals surface area contributed by atoms with E-state index in [9.17, 15) is 19.5 Å². The van der Waals surface area contributed by atoms with Crippen LogP contribution in [0.5, 0.6) is 5.75 Å². The zero-order valence-corrected chi connectivity index (χ0v) is 25.6. The van der Waals surface area contributed by atoms with Gasteiger partial charge in [-0.3, -0.25) is 19.2 Å². The molecule has 226 valence electrons. The lowest BCUT2D eigenvalue weighted by Gasteiger charge is -2.33. The number of benzene rings is 2. The number of carbonyl (C=O) groups is 2. The molecule has 43 heavy (non-hydrogen) atoms. The van der Waals surface area contributed by atoms with Gasteiger partial charge in [0.05, 0.1) is 23.2 Å². The number of anilines is 3. The molecule has 2 aromatic carbocycles. The van der Waals surface area contributed by atoms with Gasteiger partial charge < -0.3 is 24.3 Å². The Morgan fingerprint density at radius 2 is 1.98 bits per heavy atom. The summed E-state index contributed by atoms with van der Waals surface area (Å²) < 4.78 is 14.3. The lowest BCUT2D eigenvalue weighted by atomic mass is 9.82. The fraction of sp³-hybridized carbons (Fsp3) is 0.419. The van der Waals surface area contributed by atoms with Gasteiger partial charge in [0.2, 0.25) is 0 Å². The Bertz CT molecular complexity index is 1570. The summed E-state index contributed by atoms with van der Waals surface area (Å²) in [5, 5.41) is 17.5. The first-order valence-corrected chi connectivity index (χ1v) is 17.6. The minimum absolute atomic E-state index is 0.0107. The van der Waals surface area contributed by atoms with Crippen LogP contribution in [0.3, 0.4) is 0 Å². The number of ether oxygens (including phenoxy) is 2. The van der Waals surface area contributed by atoms with Crippen molar-refractivity contribution < 1.29 is 29.0 Å². The smallest absolute Gasteiger partial charge is 0.269 e. The van der Waals surface area contributed by atoms with Crippen molar-refractivity contribution >= 4 is 37.2 Å². The van der Waals surface area contributed by atoms with E-state index in [0.717, 1.165) is 0 Å². The molecule has 0 bridgehead atoms. The van der Waals surface area contributed by atoms with E-state index in [1.165, 1.54) is 0 Å². The summed E-state index contributed by atoms with van der Waals surface area (Å²) in [6.45, 7) is 10.3. The normalized spacial score (nSPS) is 24.8. The van der Waals surface area contributed by atoms with Crippen molar-refractivity contribution in [3.8, 4) is 5.75 Å². The van der Waals surface area contributed by atoms with Crippen molar-refractivity contribution in [1.82, 2.24) is 15.0 Å². The summed E-state index contributed by atoms with van der Waals surface area (Å²) in [6, 6.07) is 13.0. The number of hydrogen-bond acceptors (Lipinski definition) is 8. The topological polar surface area (TPSA) is 130 Å². The number of nitrogens with zero attached hydrogens (tertiary/aromatic N) is 5. The fourth-order valence-corrected chi connectivity index (χ4v) is 9.71. The summed E-state index contributed by atoms with van der Waals surface area (Å²) in [7, 11) is -2.86. The van der Waals surface area contributed by atoms with E-state index in [1.807, 2.05) is 62.5 Å². The van der Waals surface area contributed by atoms with Crippen molar-refractivity contribution in [2.75, 3.05) is 29.6 Å². The zero-order valence-electron chi connectivity index (χ0n) is 24.6. The number of amides is 2. The molecule has 3 aliphatic rings. The number of fused-ring (bicyclic) bond motifs is 3. The molecule has 0 saturated carbocycles. The first-order chi connectivity index (χ1) is 20.6. The standard InChI is InChI=1S/C31H37N5O6Si/c1-5-14-35-24-11-10-22(36-25-8-6-7-9-26(25)41-19-28(36)38)17-23(24)31(30(35)39)20(2)29(43(3,4)40)27(42-31)12-15-34-18-21(13-16-37)32-33-34/h5-11,17-18,20,27,29,37,40H,1,12-16,19H2,2-4H3/t20-,27+,29-,31+/m1/s1. The molecule has 12 heteroatoms. The third-order valence-corrected chi connectivity index (χ3v) is 11.3. The molecular formula is C31H37N5O6Si. The van der Waals surface area contributed by atoms with E-state index in [4.69, 9.17) is 9.47 Å². The fourth-order valence-electron chi connectivity index (χ4n) is 7.11. The molecule has 3 aromatic rings. The molecule has 4 heterocycles.